The maximum Gasteiger partial charge on any atom is 0.222 e. The van der Waals surface area contributed by atoms with Crippen molar-refractivity contribution in [3.05, 3.63) is 42.9 Å². The van der Waals surface area contributed by atoms with E-state index in [0.717, 1.165) is 32.6 Å². The van der Waals surface area contributed by atoms with E-state index in [-0.39, 0.29) is 0 Å². The van der Waals surface area contributed by atoms with Gasteiger partial charge < -0.3 is 10.1 Å². The summed E-state index contributed by atoms with van der Waals surface area (Å²) in [6, 6.07) is 8.16. The average molecular weight is 435 g/mol. The average Bonchev–Trinajstić information content (AvgIpc) is 3.40. The van der Waals surface area contributed by atoms with E-state index >= 15 is 0 Å². The molecule has 0 saturated heterocycles. The van der Waals surface area contributed by atoms with Crippen LogP contribution in [0.3, 0.4) is 0 Å². The molecule has 3 aromatic heterocycles. The smallest absolute Gasteiger partial charge is 0.222 e. The van der Waals surface area contributed by atoms with Crippen molar-refractivity contribution >= 4 is 26.7 Å². The van der Waals surface area contributed by atoms with Gasteiger partial charge in [0.1, 0.15) is 5.75 Å². The van der Waals surface area contributed by atoms with Gasteiger partial charge >= 0.3 is 0 Å². The third-order valence-electron chi connectivity index (χ3n) is 5.88. The second-order valence-electron chi connectivity index (χ2n) is 8.20. The number of rotatable bonds is 6. The molecule has 1 aromatic carbocycles. The second-order valence-corrected chi connectivity index (χ2v) is 9.23. The molecule has 1 saturated carbocycles. The minimum absolute atomic E-state index is 0.448. The molecular formula is C23H26N6OS. The Morgan fingerprint density at radius 3 is 2.84 bits per heavy atom. The van der Waals surface area contributed by atoms with E-state index in [0.29, 0.717) is 17.7 Å². The molecular weight excluding hydrogens is 408 g/mol. The van der Waals surface area contributed by atoms with Crippen LogP contribution in [-0.2, 0) is 7.05 Å². The van der Waals surface area contributed by atoms with Crippen molar-refractivity contribution in [1.29, 1.82) is 0 Å². The number of hydrogen-bond acceptors (Lipinski definition) is 7. The maximum absolute atomic E-state index is 6.02. The number of aromatic nitrogens is 5. The van der Waals surface area contributed by atoms with Crippen LogP contribution in [0.15, 0.2) is 42.9 Å². The summed E-state index contributed by atoms with van der Waals surface area (Å²) in [6.07, 6.45) is 12.0. The van der Waals surface area contributed by atoms with Crippen LogP contribution in [-0.4, -0.2) is 30.8 Å². The third kappa shape index (κ3) is 4.54. The van der Waals surface area contributed by atoms with Crippen molar-refractivity contribution in [2.75, 3.05) is 5.32 Å². The fourth-order valence-electron chi connectivity index (χ4n) is 4.17. The Morgan fingerprint density at radius 2 is 2.03 bits per heavy atom. The van der Waals surface area contributed by atoms with Crippen LogP contribution >= 0.6 is 11.3 Å². The molecule has 0 radical (unpaired) electrons. The molecule has 1 aliphatic carbocycles. The summed E-state index contributed by atoms with van der Waals surface area (Å²) in [5.74, 6) is 2.57. The van der Waals surface area contributed by atoms with E-state index in [9.17, 15) is 0 Å². The fraction of sp³-hybridized carbons (Fsp3) is 0.391. The molecule has 1 aliphatic rings. The molecule has 1 N–H and O–H groups in total. The highest BCUT2D eigenvalue weighted by atomic mass is 32.1. The highest BCUT2D eigenvalue weighted by Gasteiger charge is 2.21. The molecule has 160 valence electrons. The summed E-state index contributed by atoms with van der Waals surface area (Å²) in [4.78, 5) is 13.6. The second kappa shape index (κ2) is 8.63. The lowest BCUT2D eigenvalue weighted by molar-refractivity contribution is 0.328. The molecule has 0 bridgehead atoms. The zero-order valence-corrected chi connectivity index (χ0v) is 18.6. The van der Waals surface area contributed by atoms with Crippen LogP contribution in [0, 0.1) is 5.92 Å². The molecule has 4 aromatic rings. The molecule has 0 unspecified atom stereocenters. The lowest BCUT2D eigenvalue weighted by atomic mass is 9.85. The molecule has 1 atom stereocenters. The Hall–Kier alpha value is -3.00. The molecule has 0 aliphatic heterocycles. The summed E-state index contributed by atoms with van der Waals surface area (Å²) in [5, 5.41) is 8.79. The molecule has 3 heterocycles. The summed E-state index contributed by atoms with van der Waals surface area (Å²) in [7, 11) is 1.87. The van der Waals surface area contributed by atoms with Crippen LogP contribution in [0.1, 0.15) is 39.0 Å². The standard InChI is InChI=1S/C23H26N6OS/c1-15(16-6-4-3-5-7-16)26-23-27-19-9-8-18(12-20(19)31-23)30-21-10-11-24-22(28-21)17-13-25-29(2)14-17/h8-16H,3-7H2,1-2H3,(H,26,27)/t15-/m0/s1. The van der Waals surface area contributed by atoms with Crippen molar-refractivity contribution in [2.45, 2.75) is 45.1 Å². The van der Waals surface area contributed by atoms with Gasteiger partial charge in [-0.1, -0.05) is 30.6 Å². The van der Waals surface area contributed by atoms with Gasteiger partial charge in [-0.2, -0.15) is 10.1 Å². The topological polar surface area (TPSA) is 77.8 Å². The molecule has 1 fully saturated rings. The SMILES string of the molecule is C[C@H](Nc1nc2ccc(Oc3ccnc(-c4cnn(C)c4)n3)cc2s1)C1CCCCC1. The lowest BCUT2D eigenvalue weighted by Gasteiger charge is -2.28. The van der Waals surface area contributed by atoms with Gasteiger partial charge in [0.25, 0.3) is 0 Å². The predicted molar refractivity (Wildman–Crippen MR) is 124 cm³/mol. The van der Waals surface area contributed by atoms with Gasteiger partial charge in [-0.05, 0) is 37.8 Å². The van der Waals surface area contributed by atoms with Crippen LogP contribution in [0.5, 0.6) is 11.6 Å². The van der Waals surface area contributed by atoms with Gasteiger partial charge in [0.2, 0.25) is 5.88 Å². The first-order valence-corrected chi connectivity index (χ1v) is 11.6. The number of nitrogens with one attached hydrogen (secondary N) is 1. The molecule has 31 heavy (non-hydrogen) atoms. The normalized spacial score (nSPS) is 15.8. The number of thiazole rings is 1. The van der Waals surface area contributed by atoms with E-state index in [1.54, 1.807) is 34.5 Å². The zero-order valence-electron chi connectivity index (χ0n) is 17.8. The summed E-state index contributed by atoms with van der Waals surface area (Å²) in [5.41, 5.74) is 1.84. The van der Waals surface area contributed by atoms with E-state index in [1.165, 1.54) is 32.1 Å². The summed E-state index contributed by atoms with van der Waals surface area (Å²) >= 11 is 1.67. The zero-order chi connectivity index (χ0) is 21.2. The first-order chi connectivity index (χ1) is 15.1. The minimum atomic E-state index is 0.448. The maximum atomic E-state index is 6.02. The number of aryl methyl sites for hydroxylation is 1. The molecule has 5 rings (SSSR count). The number of hydrogen-bond donors (Lipinski definition) is 1. The lowest BCUT2D eigenvalue weighted by Crippen LogP contribution is -2.27. The number of fused-ring (bicyclic) bond motifs is 1. The van der Waals surface area contributed by atoms with Gasteiger partial charge in [-0.15, -0.1) is 0 Å². The van der Waals surface area contributed by atoms with E-state index in [2.05, 4.69) is 27.3 Å². The molecule has 8 heteroatoms. The van der Waals surface area contributed by atoms with Crippen LogP contribution in [0.25, 0.3) is 21.6 Å². The van der Waals surface area contributed by atoms with E-state index < -0.39 is 0 Å². The minimum Gasteiger partial charge on any atom is -0.439 e. The number of anilines is 1. The number of ether oxygens (including phenoxy) is 1. The first kappa shape index (κ1) is 19.9. The number of nitrogens with zero attached hydrogens (tertiary/aromatic N) is 5. The Balaban J connectivity index is 1.31. The highest BCUT2D eigenvalue weighted by Crippen LogP contribution is 2.33. The summed E-state index contributed by atoms with van der Waals surface area (Å²) < 4.78 is 8.84. The van der Waals surface area contributed by atoms with Crippen molar-refractivity contribution in [1.82, 2.24) is 24.7 Å². The Labute approximate surface area is 185 Å². The summed E-state index contributed by atoms with van der Waals surface area (Å²) in [6.45, 7) is 2.28. The predicted octanol–water partition coefficient (Wildman–Crippen LogP) is 5.66. The van der Waals surface area contributed by atoms with E-state index in [4.69, 9.17) is 9.72 Å². The molecule has 0 amide bonds. The Kier molecular flexibility index (Phi) is 5.55. The molecule has 7 nitrogen and oxygen atoms in total. The fourth-order valence-corrected chi connectivity index (χ4v) is 5.16. The van der Waals surface area contributed by atoms with Gasteiger partial charge in [0.05, 0.1) is 22.0 Å². The monoisotopic (exact) mass is 434 g/mol. The first-order valence-electron chi connectivity index (χ1n) is 10.8. The van der Waals surface area contributed by atoms with Crippen LogP contribution in [0.4, 0.5) is 5.13 Å². The van der Waals surface area contributed by atoms with Crippen molar-refractivity contribution in [3.8, 4) is 23.0 Å². The van der Waals surface area contributed by atoms with Crippen molar-refractivity contribution < 1.29 is 4.74 Å². The third-order valence-corrected chi connectivity index (χ3v) is 6.83. The molecule has 0 spiro atoms. The van der Waals surface area contributed by atoms with Gasteiger partial charge in [-0.3, -0.25) is 4.68 Å². The highest BCUT2D eigenvalue weighted by molar-refractivity contribution is 7.22. The largest absolute Gasteiger partial charge is 0.439 e. The van der Waals surface area contributed by atoms with Crippen LogP contribution in [0.2, 0.25) is 0 Å². The Morgan fingerprint density at radius 1 is 1.16 bits per heavy atom. The van der Waals surface area contributed by atoms with E-state index in [1.807, 2.05) is 31.4 Å². The quantitative estimate of drug-likeness (QED) is 0.422. The van der Waals surface area contributed by atoms with Crippen molar-refractivity contribution in [2.24, 2.45) is 13.0 Å². The Bertz CT molecular complexity index is 1180. The van der Waals surface area contributed by atoms with Crippen LogP contribution < -0.4 is 10.1 Å². The van der Waals surface area contributed by atoms with Gasteiger partial charge in [0.15, 0.2) is 11.0 Å². The number of benzene rings is 1. The van der Waals surface area contributed by atoms with Gasteiger partial charge in [0, 0.05) is 37.6 Å². The van der Waals surface area contributed by atoms with Crippen molar-refractivity contribution in [3.63, 3.8) is 0 Å². The van der Waals surface area contributed by atoms with Gasteiger partial charge in [-0.25, -0.2) is 9.97 Å².